The first-order valence-electron chi connectivity index (χ1n) is 11.2. The Kier molecular flexibility index (Phi) is 6.74. The zero-order valence-electron chi connectivity index (χ0n) is 19.2. The lowest BCUT2D eigenvalue weighted by molar-refractivity contribution is -0.143. The van der Waals surface area contributed by atoms with Crippen molar-refractivity contribution in [2.75, 3.05) is 40.6 Å². The molecule has 4 rings (SSSR count). The highest BCUT2D eigenvalue weighted by atomic mass is 16.7. The maximum absolute atomic E-state index is 12.9. The van der Waals surface area contributed by atoms with Gasteiger partial charge in [0.1, 0.15) is 5.75 Å². The monoisotopic (exact) mass is 454 g/mol. The van der Waals surface area contributed by atoms with Crippen molar-refractivity contribution in [3.8, 4) is 17.2 Å². The summed E-state index contributed by atoms with van der Waals surface area (Å²) in [6.07, 6.45) is 0.863. The lowest BCUT2D eigenvalue weighted by atomic mass is 9.82. The molecule has 3 atom stereocenters. The fourth-order valence-electron chi connectivity index (χ4n) is 4.83. The Morgan fingerprint density at radius 1 is 1.12 bits per heavy atom. The Labute approximate surface area is 193 Å². The molecule has 176 valence electrons. The predicted octanol–water partition coefficient (Wildman–Crippen LogP) is 3.13. The molecule has 8 nitrogen and oxygen atoms in total. The van der Waals surface area contributed by atoms with E-state index in [0.29, 0.717) is 30.3 Å². The Hall–Kier alpha value is -3.26. The molecule has 1 N–H and O–H groups in total. The highest BCUT2D eigenvalue weighted by Gasteiger charge is 2.48. The van der Waals surface area contributed by atoms with E-state index in [9.17, 15) is 14.7 Å². The zero-order chi connectivity index (χ0) is 23.5. The molecule has 2 heterocycles. The van der Waals surface area contributed by atoms with Crippen LogP contribution in [0, 0.1) is 5.92 Å². The van der Waals surface area contributed by atoms with Gasteiger partial charge in [0.05, 0.1) is 19.6 Å². The van der Waals surface area contributed by atoms with Crippen LogP contribution >= 0.6 is 0 Å². The van der Waals surface area contributed by atoms with Gasteiger partial charge in [0.2, 0.25) is 12.7 Å². The van der Waals surface area contributed by atoms with Gasteiger partial charge in [-0.1, -0.05) is 25.1 Å². The number of likely N-dealkylation sites (tertiary alicyclic amines) is 1. The number of ether oxygens (including phenoxy) is 3. The average Bonchev–Trinajstić information content (AvgIpc) is 3.43. The minimum atomic E-state index is -0.893. The van der Waals surface area contributed by atoms with Gasteiger partial charge < -0.3 is 24.2 Å². The van der Waals surface area contributed by atoms with Crippen molar-refractivity contribution in [2.24, 2.45) is 5.92 Å². The van der Waals surface area contributed by atoms with Gasteiger partial charge in [-0.25, -0.2) is 0 Å². The molecule has 2 aliphatic heterocycles. The van der Waals surface area contributed by atoms with Crippen molar-refractivity contribution in [1.29, 1.82) is 0 Å². The second kappa shape index (κ2) is 9.70. The SMILES string of the molecule is CCCN(C)C(=O)CN1CC(c2ccc3c(c2)OCO3)C(C(=O)O)[C@H]1c1ccc(OC)cc1. The lowest BCUT2D eigenvalue weighted by Gasteiger charge is -2.28. The highest BCUT2D eigenvalue weighted by Crippen LogP contribution is 2.47. The molecule has 2 unspecified atom stereocenters. The summed E-state index contributed by atoms with van der Waals surface area (Å²) in [4.78, 5) is 29.2. The summed E-state index contributed by atoms with van der Waals surface area (Å²) < 4.78 is 16.2. The van der Waals surface area contributed by atoms with Crippen LogP contribution in [-0.4, -0.2) is 67.4 Å². The average molecular weight is 455 g/mol. The van der Waals surface area contributed by atoms with Crippen molar-refractivity contribution >= 4 is 11.9 Å². The van der Waals surface area contributed by atoms with Crippen molar-refractivity contribution in [1.82, 2.24) is 9.80 Å². The highest BCUT2D eigenvalue weighted by molar-refractivity contribution is 5.79. The minimum absolute atomic E-state index is 0.0224. The summed E-state index contributed by atoms with van der Waals surface area (Å²) in [7, 11) is 3.38. The van der Waals surface area contributed by atoms with Gasteiger partial charge in [0, 0.05) is 32.1 Å². The third kappa shape index (κ3) is 4.61. The fraction of sp³-hybridized carbons (Fsp3) is 0.440. The molecule has 0 saturated carbocycles. The Morgan fingerprint density at radius 3 is 2.48 bits per heavy atom. The van der Waals surface area contributed by atoms with Crippen LogP contribution in [0.25, 0.3) is 0 Å². The molecule has 8 heteroatoms. The normalized spacial score (nSPS) is 21.7. The molecule has 1 fully saturated rings. The summed E-state index contributed by atoms with van der Waals surface area (Å²) in [6, 6.07) is 12.5. The largest absolute Gasteiger partial charge is 0.497 e. The molecule has 0 spiro atoms. The number of likely N-dealkylation sites (N-methyl/N-ethyl adjacent to an activating group) is 1. The number of benzene rings is 2. The van der Waals surface area contributed by atoms with Crippen LogP contribution in [-0.2, 0) is 9.59 Å². The molecule has 1 saturated heterocycles. The van der Waals surface area contributed by atoms with E-state index in [4.69, 9.17) is 14.2 Å². The van der Waals surface area contributed by atoms with Gasteiger partial charge in [-0.15, -0.1) is 0 Å². The first-order chi connectivity index (χ1) is 15.9. The van der Waals surface area contributed by atoms with E-state index < -0.39 is 17.9 Å². The Bertz CT molecular complexity index is 1010. The first kappa shape index (κ1) is 22.9. The number of hydrogen-bond acceptors (Lipinski definition) is 6. The Morgan fingerprint density at radius 2 is 1.82 bits per heavy atom. The van der Waals surface area contributed by atoms with Crippen molar-refractivity contribution in [2.45, 2.75) is 25.3 Å². The number of nitrogens with zero attached hydrogens (tertiary/aromatic N) is 2. The quantitative estimate of drug-likeness (QED) is 0.656. The van der Waals surface area contributed by atoms with E-state index in [-0.39, 0.29) is 25.2 Å². The summed E-state index contributed by atoms with van der Waals surface area (Å²) in [6.45, 7) is 3.44. The number of carbonyl (C=O) groups is 2. The van der Waals surface area contributed by atoms with E-state index in [1.807, 2.05) is 54.3 Å². The van der Waals surface area contributed by atoms with Gasteiger partial charge >= 0.3 is 5.97 Å². The number of carboxylic acids is 1. The number of amides is 1. The standard InChI is InChI=1S/C25H30N2O6/c1-4-11-26(2)22(28)14-27-13-19(17-7-10-20-21(12-17)33-15-32-20)23(25(29)30)24(27)16-5-8-18(31-3)9-6-16/h5-10,12,19,23-24H,4,11,13-15H2,1-3H3,(H,29,30)/t19?,23?,24-/m1/s1. The molecule has 2 aromatic rings. The van der Waals surface area contributed by atoms with Gasteiger partial charge in [-0.3, -0.25) is 14.5 Å². The van der Waals surface area contributed by atoms with Crippen LogP contribution in [0.15, 0.2) is 42.5 Å². The molecule has 33 heavy (non-hydrogen) atoms. The fourth-order valence-corrected chi connectivity index (χ4v) is 4.83. The molecule has 2 aliphatic rings. The minimum Gasteiger partial charge on any atom is -0.497 e. The number of hydrogen-bond donors (Lipinski definition) is 1. The van der Waals surface area contributed by atoms with Gasteiger partial charge in [-0.2, -0.15) is 0 Å². The van der Waals surface area contributed by atoms with E-state index >= 15 is 0 Å². The maximum Gasteiger partial charge on any atom is 0.309 e. The second-order valence-corrected chi connectivity index (χ2v) is 8.55. The summed E-state index contributed by atoms with van der Waals surface area (Å²) in [5.41, 5.74) is 1.71. The Balaban J connectivity index is 1.71. The summed E-state index contributed by atoms with van der Waals surface area (Å²) in [5.74, 6) is 0.0113. The van der Waals surface area contributed by atoms with Crippen molar-refractivity contribution in [3.63, 3.8) is 0 Å². The number of methoxy groups -OCH3 is 1. The van der Waals surface area contributed by atoms with Crippen molar-refractivity contribution < 1.29 is 28.9 Å². The first-order valence-corrected chi connectivity index (χ1v) is 11.2. The van der Waals surface area contributed by atoms with E-state index in [1.54, 1.807) is 19.1 Å². The number of fused-ring (bicyclic) bond motifs is 1. The van der Waals surface area contributed by atoms with Crippen LogP contribution in [0.1, 0.15) is 36.4 Å². The molecular weight excluding hydrogens is 424 g/mol. The van der Waals surface area contributed by atoms with E-state index in [2.05, 4.69) is 0 Å². The van der Waals surface area contributed by atoms with Crippen LogP contribution in [0.5, 0.6) is 17.2 Å². The van der Waals surface area contributed by atoms with Crippen LogP contribution in [0.3, 0.4) is 0 Å². The van der Waals surface area contributed by atoms with E-state index in [0.717, 1.165) is 17.5 Å². The molecule has 0 radical (unpaired) electrons. The lowest BCUT2D eigenvalue weighted by Crippen LogP contribution is -2.39. The van der Waals surface area contributed by atoms with Gasteiger partial charge in [-0.05, 0) is 41.8 Å². The number of rotatable bonds is 8. The van der Waals surface area contributed by atoms with Gasteiger partial charge in [0.25, 0.3) is 0 Å². The van der Waals surface area contributed by atoms with Crippen LogP contribution in [0.2, 0.25) is 0 Å². The number of carbonyl (C=O) groups excluding carboxylic acids is 1. The third-order valence-electron chi connectivity index (χ3n) is 6.49. The zero-order valence-corrected chi connectivity index (χ0v) is 19.2. The molecule has 1 amide bonds. The smallest absolute Gasteiger partial charge is 0.309 e. The number of aliphatic carboxylic acids is 1. The summed E-state index contributed by atoms with van der Waals surface area (Å²) in [5, 5.41) is 10.3. The molecule has 0 bridgehead atoms. The summed E-state index contributed by atoms with van der Waals surface area (Å²) >= 11 is 0. The topological polar surface area (TPSA) is 88.5 Å². The van der Waals surface area contributed by atoms with Gasteiger partial charge in [0.15, 0.2) is 11.5 Å². The molecule has 2 aromatic carbocycles. The van der Waals surface area contributed by atoms with Crippen LogP contribution < -0.4 is 14.2 Å². The predicted molar refractivity (Wildman–Crippen MR) is 122 cm³/mol. The molecule has 0 aromatic heterocycles. The van der Waals surface area contributed by atoms with E-state index in [1.165, 1.54) is 0 Å². The third-order valence-corrected chi connectivity index (χ3v) is 6.49. The second-order valence-electron chi connectivity index (χ2n) is 8.55. The maximum atomic E-state index is 12.9. The molecular formula is C25H30N2O6. The van der Waals surface area contributed by atoms with Crippen molar-refractivity contribution in [3.05, 3.63) is 53.6 Å². The number of carboxylic acid groups (broad SMARTS) is 1. The molecule has 0 aliphatic carbocycles. The van der Waals surface area contributed by atoms with Crippen LogP contribution in [0.4, 0.5) is 0 Å².